The van der Waals surface area contributed by atoms with Crippen LogP contribution in [0.3, 0.4) is 0 Å². The average Bonchev–Trinajstić information content (AvgIpc) is 2.75. The Bertz CT molecular complexity index is 833. The third-order valence-corrected chi connectivity index (χ3v) is 4.56. The molecule has 3 aromatic rings. The predicted molar refractivity (Wildman–Crippen MR) is 103 cm³/mol. The molecule has 3 heterocycles. The van der Waals surface area contributed by atoms with Crippen molar-refractivity contribution >= 4 is 23.3 Å². The number of nitrogens with zero attached hydrogens (tertiary/aromatic N) is 7. The minimum atomic E-state index is 0.672. The Kier molecular flexibility index (Phi) is 4.59. The lowest BCUT2D eigenvalue weighted by atomic mass is 10.3. The van der Waals surface area contributed by atoms with Crippen LogP contribution in [0, 0.1) is 0 Å². The third kappa shape index (κ3) is 3.42. The highest BCUT2D eigenvalue weighted by Crippen LogP contribution is 2.22. The molecule has 1 aromatic carbocycles. The molecule has 0 aliphatic carbocycles. The van der Waals surface area contributed by atoms with Gasteiger partial charge in [0.15, 0.2) is 5.82 Å². The number of benzene rings is 1. The van der Waals surface area contributed by atoms with Crippen LogP contribution in [0.5, 0.6) is 0 Å². The topological polar surface area (TPSA) is 61.3 Å². The van der Waals surface area contributed by atoms with E-state index >= 15 is 0 Å². The van der Waals surface area contributed by atoms with Gasteiger partial charge >= 0.3 is 0 Å². The van der Waals surface area contributed by atoms with E-state index in [0.29, 0.717) is 5.95 Å². The fourth-order valence-electron chi connectivity index (χ4n) is 3.04. The van der Waals surface area contributed by atoms with Crippen molar-refractivity contribution < 1.29 is 0 Å². The Labute approximate surface area is 152 Å². The largest absolute Gasteiger partial charge is 0.353 e. The molecule has 0 amide bonds. The zero-order valence-electron chi connectivity index (χ0n) is 14.7. The van der Waals surface area contributed by atoms with E-state index in [1.807, 2.05) is 66.7 Å². The number of pyridine rings is 1. The van der Waals surface area contributed by atoms with Gasteiger partial charge in [0.1, 0.15) is 5.82 Å². The average molecular weight is 347 g/mol. The van der Waals surface area contributed by atoms with E-state index in [1.54, 1.807) is 6.20 Å². The second kappa shape index (κ2) is 7.35. The summed E-state index contributed by atoms with van der Waals surface area (Å²) in [6, 6.07) is 16.1. The summed E-state index contributed by atoms with van der Waals surface area (Å²) in [6.45, 7) is 3.46. The molecule has 7 heteroatoms. The summed E-state index contributed by atoms with van der Waals surface area (Å²) in [5, 5.41) is 8.40. The van der Waals surface area contributed by atoms with Gasteiger partial charge in [0.25, 0.3) is 0 Å². The van der Waals surface area contributed by atoms with Crippen molar-refractivity contribution in [2.45, 2.75) is 0 Å². The van der Waals surface area contributed by atoms with Crippen LogP contribution < -0.4 is 14.7 Å². The molecule has 1 saturated heterocycles. The molecule has 0 unspecified atom stereocenters. The van der Waals surface area contributed by atoms with Crippen LogP contribution in [-0.2, 0) is 0 Å². The van der Waals surface area contributed by atoms with Gasteiger partial charge in [0.2, 0.25) is 5.95 Å². The van der Waals surface area contributed by atoms with Crippen LogP contribution in [0.1, 0.15) is 0 Å². The standard InChI is InChI=1S/C19H21N7/c1-24(16-7-3-2-4-8-16)18-15-21-23-19(22-18)26-13-11-25(12-14-26)17-9-5-6-10-20-17/h2-10,15H,11-14H2,1H3. The van der Waals surface area contributed by atoms with Gasteiger partial charge in [-0.05, 0) is 24.3 Å². The van der Waals surface area contributed by atoms with Crippen LogP contribution in [0.2, 0.25) is 0 Å². The van der Waals surface area contributed by atoms with Crippen molar-refractivity contribution in [3.8, 4) is 0 Å². The fourth-order valence-corrected chi connectivity index (χ4v) is 3.04. The molecule has 0 spiro atoms. The Morgan fingerprint density at radius 1 is 0.885 bits per heavy atom. The number of rotatable bonds is 4. The first-order chi connectivity index (χ1) is 12.8. The highest BCUT2D eigenvalue weighted by atomic mass is 15.4. The Morgan fingerprint density at radius 2 is 1.62 bits per heavy atom. The Balaban J connectivity index is 1.46. The SMILES string of the molecule is CN(c1ccccc1)c1cnnc(N2CCN(c3ccccn3)CC2)n1. The van der Waals surface area contributed by atoms with Gasteiger partial charge in [0.05, 0.1) is 6.20 Å². The third-order valence-electron chi connectivity index (χ3n) is 4.56. The van der Waals surface area contributed by atoms with Crippen molar-refractivity contribution in [1.29, 1.82) is 0 Å². The van der Waals surface area contributed by atoms with Crippen molar-refractivity contribution in [1.82, 2.24) is 20.2 Å². The van der Waals surface area contributed by atoms with Gasteiger partial charge in [-0.3, -0.25) is 0 Å². The van der Waals surface area contributed by atoms with Gasteiger partial charge < -0.3 is 14.7 Å². The van der Waals surface area contributed by atoms with Crippen molar-refractivity contribution in [2.24, 2.45) is 0 Å². The summed E-state index contributed by atoms with van der Waals surface area (Å²) in [7, 11) is 1.99. The van der Waals surface area contributed by atoms with E-state index < -0.39 is 0 Å². The predicted octanol–water partition coefficient (Wildman–Crippen LogP) is 2.36. The highest BCUT2D eigenvalue weighted by molar-refractivity contribution is 5.59. The summed E-state index contributed by atoms with van der Waals surface area (Å²) in [5.41, 5.74) is 1.07. The van der Waals surface area contributed by atoms with Crippen molar-refractivity contribution in [3.05, 3.63) is 60.9 Å². The minimum absolute atomic E-state index is 0.672. The Hall–Kier alpha value is -3.22. The van der Waals surface area contributed by atoms with E-state index in [2.05, 4.69) is 25.0 Å². The van der Waals surface area contributed by atoms with Crippen LogP contribution in [0.15, 0.2) is 60.9 Å². The molecule has 2 aromatic heterocycles. The molecule has 7 nitrogen and oxygen atoms in total. The smallest absolute Gasteiger partial charge is 0.247 e. The minimum Gasteiger partial charge on any atom is -0.353 e. The summed E-state index contributed by atoms with van der Waals surface area (Å²) < 4.78 is 0. The molecule has 1 fully saturated rings. The molecule has 0 atom stereocenters. The maximum Gasteiger partial charge on any atom is 0.247 e. The zero-order valence-corrected chi connectivity index (χ0v) is 14.7. The molecule has 0 saturated carbocycles. The molecular formula is C19H21N7. The van der Waals surface area contributed by atoms with E-state index in [9.17, 15) is 0 Å². The van der Waals surface area contributed by atoms with Crippen LogP contribution in [0.4, 0.5) is 23.3 Å². The first kappa shape index (κ1) is 16.3. The normalized spacial score (nSPS) is 14.3. The molecule has 0 bridgehead atoms. The van der Waals surface area contributed by atoms with Gasteiger partial charge in [-0.1, -0.05) is 24.3 Å². The maximum atomic E-state index is 4.71. The van der Waals surface area contributed by atoms with Crippen LogP contribution in [-0.4, -0.2) is 53.4 Å². The molecule has 132 valence electrons. The van der Waals surface area contributed by atoms with Gasteiger partial charge in [-0.2, -0.15) is 10.1 Å². The maximum absolute atomic E-state index is 4.71. The lowest BCUT2D eigenvalue weighted by Crippen LogP contribution is -2.47. The van der Waals surface area contributed by atoms with E-state index in [0.717, 1.165) is 43.5 Å². The second-order valence-electron chi connectivity index (χ2n) is 6.17. The molecule has 1 aliphatic rings. The molecule has 26 heavy (non-hydrogen) atoms. The quantitative estimate of drug-likeness (QED) is 0.718. The molecule has 0 radical (unpaired) electrons. The van der Waals surface area contributed by atoms with Gasteiger partial charge in [0, 0.05) is 45.1 Å². The number of hydrogen-bond donors (Lipinski definition) is 0. The van der Waals surface area contributed by atoms with Crippen LogP contribution in [0.25, 0.3) is 0 Å². The van der Waals surface area contributed by atoms with Crippen LogP contribution >= 0.6 is 0 Å². The van der Waals surface area contributed by atoms with E-state index in [-0.39, 0.29) is 0 Å². The van der Waals surface area contributed by atoms with Gasteiger partial charge in [-0.25, -0.2) is 4.98 Å². The summed E-state index contributed by atoms with van der Waals surface area (Å²) in [6.07, 6.45) is 3.53. The van der Waals surface area contributed by atoms with E-state index in [4.69, 9.17) is 4.98 Å². The van der Waals surface area contributed by atoms with Gasteiger partial charge in [-0.15, -0.1) is 5.10 Å². The first-order valence-corrected chi connectivity index (χ1v) is 8.71. The molecule has 0 N–H and O–H groups in total. The lowest BCUT2D eigenvalue weighted by Gasteiger charge is -2.35. The second-order valence-corrected chi connectivity index (χ2v) is 6.17. The number of anilines is 4. The number of aromatic nitrogens is 4. The van der Waals surface area contributed by atoms with Crippen molar-refractivity contribution in [3.63, 3.8) is 0 Å². The zero-order chi connectivity index (χ0) is 17.8. The summed E-state index contributed by atoms with van der Waals surface area (Å²) in [4.78, 5) is 15.6. The number of para-hydroxylation sites is 1. The fraction of sp³-hybridized carbons (Fsp3) is 0.263. The first-order valence-electron chi connectivity index (χ1n) is 8.71. The molecule has 1 aliphatic heterocycles. The summed E-state index contributed by atoms with van der Waals surface area (Å²) >= 11 is 0. The number of hydrogen-bond acceptors (Lipinski definition) is 7. The highest BCUT2D eigenvalue weighted by Gasteiger charge is 2.21. The molecule has 4 rings (SSSR count). The lowest BCUT2D eigenvalue weighted by molar-refractivity contribution is 0.629. The summed E-state index contributed by atoms with van der Waals surface area (Å²) in [5.74, 6) is 2.48. The Morgan fingerprint density at radius 3 is 2.35 bits per heavy atom. The molecular weight excluding hydrogens is 326 g/mol. The number of piperazine rings is 1. The van der Waals surface area contributed by atoms with Crippen molar-refractivity contribution in [2.75, 3.05) is 47.9 Å². The monoisotopic (exact) mass is 347 g/mol. The van der Waals surface area contributed by atoms with E-state index in [1.165, 1.54) is 0 Å².